The highest BCUT2D eigenvalue weighted by atomic mass is 19.4. The first-order valence-corrected chi connectivity index (χ1v) is 6.85. The summed E-state index contributed by atoms with van der Waals surface area (Å²) in [5, 5.41) is 2.33. The number of nitrogens with one attached hydrogen (secondary N) is 1. The zero-order chi connectivity index (χ0) is 16.0. The number of aryl methyl sites for hydroxylation is 1. The Morgan fingerprint density at radius 1 is 1.27 bits per heavy atom. The Bertz CT molecular complexity index is 599. The number of fused-ring (bicyclic) bond motifs is 1. The van der Waals surface area contributed by atoms with Crippen molar-refractivity contribution in [3.05, 3.63) is 23.8 Å². The minimum atomic E-state index is -4.88. The number of morpholine rings is 1. The molecule has 0 saturated carbocycles. The summed E-state index contributed by atoms with van der Waals surface area (Å²) in [6.07, 6.45) is -4.88. The van der Waals surface area contributed by atoms with Gasteiger partial charge in [0.05, 0.1) is 18.9 Å². The third-order valence-electron chi connectivity index (χ3n) is 3.79. The summed E-state index contributed by atoms with van der Waals surface area (Å²) >= 11 is 0. The number of carbonyl (C=O) groups is 1. The summed E-state index contributed by atoms with van der Waals surface area (Å²) < 4.78 is 51.5. The quantitative estimate of drug-likeness (QED) is 0.860. The Morgan fingerprint density at radius 3 is 2.59 bits per heavy atom. The van der Waals surface area contributed by atoms with Crippen LogP contribution in [-0.4, -0.2) is 49.0 Å². The Labute approximate surface area is 125 Å². The summed E-state index contributed by atoms with van der Waals surface area (Å²) in [7, 11) is 0. The molecule has 0 spiro atoms. The Balaban J connectivity index is 2.06. The Morgan fingerprint density at radius 2 is 1.95 bits per heavy atom. The predicted molar refractivity (Wildman–Crippen MR) is 71.6 cm³/mol. The molecule has 1 N–H and O–H groups in total. The summed E-state index contributed by atoms with van der Waals surface area (Å²) in [6.45, 7) is 1.95. The van der Waals surface area contributed by atoms with Gasteiger partial charge in [0, 0.05) is 13.1 Å². The average molecular weight is 316 g/mol. The number of amides is 1. The molecular weight excluding hydrogens is 301 g/mol. The Hall–Kier alpha value is -1.80. The third kappa shape index (κ3) is 2.22. The largest absolute Gasteiger partial charge is 0.453 e. The molecule has 22 heavy (non-hydrogen) atoms. The molecular formula is C14H15F3N2O3. The lowest BCUT2D eigenvalue weighted by Crippen LogP contribution is -2.72. The maximum atomic E-state index is 13.7. The molecule has 2 aliphatic rings. The van der Waals surface area contributed by atoms with Crippen LogP contribution in [0, 0.1) is 6.92 Å². The summed E-state index contributed by atoms with van der Waals surface area (Å²) in [6, 6.07) is 4.65. The zero-order valence-electron chi connectivity index (χ0n) is 11.9. The van der Waals surface area contributed by atoms with Gasteiger partial charge in [-0.1, -0.05) is 6.07 Å². The van der Waals surface area contributed by atoms with E-state index >= 15 is 0 Å². The van der Waals surface area contributed by atoms with Gasteiger partial charge in [0.1, 0.15) is 5.75 Å². The standard InChI is InChI=1S/C14H15F3N2O3/c1-9-2-3-11-10(8-9)18-12(20)13(22-11,14(15,16)17)19-4-6-21-7-5-19/h2-3,8H,4-7H2,1H3,(H,18,20)/t13-/m0/s1. The number of benzene rings is 1. The third-order valence-corrected chi connectivity index (χ3v) is 3.79. The molecule has 1 atom stereocenters. The molecule has 0 unspecified atom stereocenters. The number of ether oxygens (including phenoxy) is 2. The SMILES string of the molecule is Cc1ccc2c(c1)NC(=O)[C@@](N1CCOCC1)(C(F)(F)F)O2. The molecule has 1 amide bonds. The van der Waals surface area contributed by atoms with Crippen LogP contribution in [0.25, 0.3) is 0 Å². The van der Waals surface area contributed by atoms with Gasteiger partial charge in [-0.3, -0.25) is 4.79 Å². The van der Waals surface area contributed by atoms with Gasteiger partial charge in [0.2, 0.25) is 0 Å². The van der Waals surface area contributed by atoms with Crippen molar-refractivity contribution in [2.24, 2.45) is 0 Å². The van der Waals surface area contributed by atoms with Crippen molar-refractivity contribution in [1.29, 1.82) is 0 Å². The van der Waals surface area contributed by atoms with Crippen LogP contribution < -0.4 is 10.1 Å². The van der Waals surface area contributed by atoms with Gasteiger partial charge in [-0.2, -0.15) is 13.2 Å². The smallest absolute Gasteiger partial charge is 0.453 e. The second-order valence-corrected chi connectivity index (χ2v) is 5.30. The molecule has 8 heteroatoms. The summed E-state index contributed by atoms with van der Waals surface area (Å²) in [5.41, 5.74) is -1.95. The van der Waals surface area contributed by atoms with E-state index in [1.54, 1.807) is 19.1 Å². The number of carbonyl (C=O) groups excluding carboxylic acids is 1. The maximum absolute atomic E-state index is 13.7. The van der Waals surface area contributed by atoms with Crippen LogP contribution in [-0.2, 0) is 9.53 Å². The topological polar surface area (TPSA) is 50.8 Å². The first kappa shape index (κ1) is 15.1. The van der Waals surface area contributed by atoms with Crippen molar-refractivity contribution >= 4 is 11.6 Å². The number of rotatable bonds is 1. The van der Waals surface area contributed by atoms with Crippen molar-refractivity contribution in [2.45, 2.75) is 18.8 Å². The number of anilines is 1. The lowest BCUT2D eigenvalue weighted by molar-refractivity contribution is -0.294. The van der Waals surface area contributed by atoms with Gasteiger partial charge in [0.15, 0.2) is 0 Å². The molecule has 0 aromatic heterocycles. The normalized spacial score (nSPS) is 26.1. The molecule has 1 aromatic rings. The molecule has 0 aliphatic carbocycles. The van der Waals surface area contributed by atoms with Gasteiger partial charge in [-0.05, 0) is 24.6 Å². The number of hydrogen-bond donors (Lipinski definition) is 1. The lowest BCUT2D eigenvalue weighted by Gasteiger charge is -2.46. The fourth-order valence-electron chi connectivity index (χ4n) is 2.70. The van der Waals surface area contributed by atoms with E-state index in [2.05, 4.69) is 5.32 Å². The maximum Gasteiger partial charge on any atom is 0.453 e. The van der Waals surface area contributed by atoms with Gasteiger partial charge >= 0.3 is 11.9 Å². The molecule has 1 saturated heterocycles. The van der Waals surface area contributed by atoms with E-state index in [1.807, 2.05) is 0 Å². The fraction of sp³-hybridized carbons (Fsp3) is 0.500. The van der Waals surface area contributed by atoms with Crippen molar-refractivity contribution in [2.75, 3.05) is 31.6 Å². The number of halogens is 3. The van der Waals surface area contributed by atoms with Crippen LogP contribution in [0.4, 0.5) is 18.9 Å². The van der Waals surface area contributed by atoms with Crippen LogP contribution in [0.1, 0.15) is 5.56 Å². The van der Waals surface area contributed by atoms with Gasteiger partial charge in [0.25, 0.3) is 5.91 Å². The fourth-order valence-corrected chi connectivity index (χ4v) is 2.70. The highest BCUT2D eigenvalue weighted by Crippen LogP contribution is 2.44. The van der Waals surface area contributed by atoms with Crippen LogP contribution in [0.15, 0.2) is 18.2 Å². The molecule has 0 bridgehead atoms. The first-order chi connectivity index (χ1) is 10.3. The average Bonchev–Trinajstić information content (AvgIpc) is 2.46. The summed E-state index contributed by atoms with van der Waals surface area (Å²) in [5.74, 6) is -1.21. The molecule has 3 rings (SSSR count). The zero-order valence-corrected chi connectivity index (χ0v) is 11.9. The van der Waals surface area contributed by atoms with Crippen molar-refractivity contribution in [1.82, 2.24) is 4.90 Å². The van der Waals surface area contributed by atoms with E-state index < -0.39 is 17.8 Å². The minimum Gasteiger partial charge on any atom is -0.453 e. The summed E-state index contributed by atoms with van der Waals surface area (Å²) in [4.78, 5) is 13.3. The number of hydrogen-bond acceptors (Lipinski definition) is 4. The van der Waals surface area contributed by atoms with Crippen LogP contribution in [0.5, 0.6) is 5.75 Å². The van der Waals surface area contributed by atoms with Crippen molar-refractivity contribution < 1.29 is 27.4 Å². The molecule has 1 fully saturated rings. The van der Waals surface area contributed by atoms with Crippen LogP contribution in [0.3, 0.4) is 0 Å². The molecule has 120 valence electrons. The monoisotopic (exact) mass is 316 g/mol. The predicted octanol–water partition coefficient (Wildman–Crippen LogP) is 1.92. The van der Waals surface area contributed by atoms with Gasteiger partial charge < -0.3 is 14.8 Å². The molecule has 1 aromatic carbocycles. The molecule has 2 heterocycles. The highest BCUT2D eigenvalue weighted by Gasteiger charge is 2.68. The molecule has 5 nitrogen and oxygen atoms in total. The van der Waals surface area contributed by atoms with E-state index in [4.69, 9.17) is 9.47 Å². The minimum absolute atomic E-state index is 0.00835. The van der Waals surface area contributed by atoms with Crippen LogP contribution >= 0.6 is 0 Å². The number of nitrogens with zero attached hydrogens (tertiary/aromatic N) is 1. The van der Waals surface area contributed by atoms with Crippen molar-refractivity contribution in [3.8, 4) is 5.75 Å². The van der Waals surface area contributed by atoms with Crippen molar-refractivity contribution in [3.63, 3.8) is 0 Å². The molecule has 2 aliphatic heterocycles. The van der Waals surface area contributed by atoms with Gasteiger partial charge in [-0.25, -0.2) is 4.90 Å². The van der Waals surface area contributed by atoms with Crippen LogP contribution in [0.2, 0.25) is 0 Å². The van der Waals surface area contributed by atoms with E-state index in [0.717, 1.165) is 10.5 Å². The Kier molecular flexibility index (Phi) is 3.53. The molecule has 0 radical (unpaired) electrons. The van der Waals surface area contributed by atoms with E-state index in [9.17, 15) is 18.0 Å². The van der Waals surface area contributed by atoms with Gasteiger partial charge in [-0.15, -0.1) is 0 Å². The second-order valence-electron chi connectivity index (χ2n) is 5.30. The first-order valence-electron chi connectivity index (χ1n) is 6.85. The van der Waals surface area contributed by atoms with E-state index in [0.29, 0.717) is 0 Å². The lowest BCUT2D eigenvalue weighted by atomic mass is 10.1. The van der Waals surface area contributed by atoms with E-state index in [1.165, 1.54) is 6.07 Å². The second kappa shape index (κ2) is 5.13. The van der Waals surface area contributed by atoms with E-state index in [-0.39, 0.29) is 37.7 Å². The highest BCUT2D eigenvalue weighted by molar-refractivity contribution is 6.01. The number of alkyl halides is 3.